The van der Waals surface area contributed by atoms with E-state index < -0.39 is 6.16 Å². The van der Waals surface area contributed by atoms with Crippen LogP contribution in [0.2, 0.25) is 0 Å². The predicted molar refractivity (Wildman–Crippen MR) is 21.2 cm³/mol. The van der Waals surface area contributed by atoms with Crippen LogP contribution in [0, 0.1) is 0 Å². The van der Waals surface area contributed by atoms with Gasteiger partial charge in [0.15, 0.2) is 0 Å². The normalized spacial score (nSPS) is 3.00. The van der Waals surface area contributed by atoms with E-state index in [1.807, 2.05) is 0 Å². The number of rotatable bonds is 0. The van der Waals surface area contributed by atoms with E-state index in [1.165, 1.54) is 0 Å². The Hall–Kier alpha value is 0.930. The van der Waals surface area contributed by atoms with Gasteiger partial charge in [-0.25, -0.2) is 4.79 Å². The first kappa shape index (κ1) is 36.4. The Bertz CT molecular complexity index is 38.3. The van der Waals surface area contributed by atoms with Crippen molar-refractivity contribution in [3.63, 3.8) is 0 Å². The van der Waals surface area contributed by atoms with Gasteiger partial charge in [-0.3, -0.25) is 0 Å². The molecule has 48 valence electrons. The Morgan fingerprint density at radius 1 is 1.00 bits per heavy atom. The summed E-state index contributed by atoms with van der Waals surface area (Å²) >= 11 is 0. The van der Waals surface area contributed by atoms with Crippen molar-refractivity contribution < 1.29 is 66.7 Å². The maximum Gasteiger partial charge on any atom is 0.503 e. The summed E-state index contributed by atoms with van der Waals surface area (Å²) in [7, 11) is 0. The van der Waals surface area contributed by atoms with Crippen LogP contribution in [0.1, 0.15) is 0 Å². The van der Waals surface area contributed by atoms with Crippen LogP contribution < -0.4 is 0 Å². The molecule has 0 amide bonds. The second-order valence-corrected chi connectivity index (χ2v) is 0.283. The Kier molecular flexibility index (Phi) is 112. The molecule has 0 spiro atoms. The summed E-state index contributed by atoms with van der Waals surface area (Å²) in [5.74, 6) is 0. The zero-order valence-corrected chi connectivity index (χ0v) is 11.1. The van der Waals surface area contributed by atoms with Crippen LogP contribution in [-0.4, -0.2) is 16.4 Å². The van der Waals surface area contributed by atoms with Crippen molar-refractivity contribution in [2.24, 2.45) is 0 Å². The van der Waals surface area contributed by atoms with Crippen molar-refractivity contribution in [2.45, 2.75) is 0 Å². The molecule has 0 bridgehead atoms. The Morgan fingerprint density at radius 2 is 1.00 bits per heavy atom. The van der Waals surface area contributed by atoms with E-state index in [4.69, 9.17) is 15.0 Å². The molecule has 8 heavy (non-hydrogen) atoms. The van der Waals surface area contributed by atoms with Crippen molar-refractivity contribution >= 4 is 6.16 Å². The third-order valence-corrected chi connectivity index (χ3v) is 0. The fourth-order valence-electron chi connectivity index (χ4n) is 0. The summed E-state index contributed by atoms with van der Waals surface area (Å²) < 4.78 is 0. The zero-order chi connectivity index (χ0) is 3.58. The van der Waals surface area contributed by atoms with E-state index in [0.29, 0.717) is 0 Å². The largest absolute Gasteiger partial charge is 0.693 e. The van der Waals surface area contributed by atoms with Gasteiger partial charge in [-0.2, -0.15) is 0 Å². The number of carbonyl (C=O) groups is 1. The van der Waals surface area contributed by atoms with Crippen LogP contribution >= 0.6 is 0 Å². The van der Waals surface area contributed by atoms with Gasteiger partial charge in [-0.1, -0.05) is 0 Å². The second-order valence-electron chi connectivity index (χ2n) is 0.283. The summed E-state index contributed by atoms with van der Waals surface area (Å²) in [6.07, 6.45) is -1.83. The van der Waals surface area contributed by atoms with Crippen molar-refractivity contribution in [1.82, 2.24) is 0 Å². The Morgan fingerprint density at radius 3 is 1.00 bits per heavy atom. The predicted octanol–water partition coefficient (Wildman–Crippen LogP) is 1.65. The van der Waals surface area contributed by atoms with E-state index in [0.717, 1.165) is 0 Å². The van der Waals surface area contributed by atoms with Gasteiger partial charge in [0, 0.05) is 51.7 Å². The quantitative estimate of drug-likeness (QED) is 0.545. The monoisotopic (exact) mass is 454 g/mol. The van der Waals surface area contributed by atoms with Gasteiger partial charge in [0.2, 0.25) is 0 Å². The molecule has 0 aliphatic rings. The van der Waals surface area contributed by atoms with Crippen molar-refractivity contribution in [3.05, 3.63) is 12.3 Å². The second kappa shape index (κ2) is 24.7. The molecule has 6 N–H and O–H groups in total. The molecule has 0 rings (SSSR count). The summed E-state index contributed by atoms with van der Waals surface area (Å²) in [6.45, 7) is 0. The summed E-state index contributed by atoms with van der Waals surface area (Å²) in [4.78, 5) is 8.56. The van der Waals surface area contributed by atoms with Gasteiger partial charge < -0.3 is 22.5 Å². The molecule has 0 aromatic rings. The minimum atomic E-state index is -1.83. The average molecular weight is 451 g/mol. The first-order valence-corrected chi connectivity index (χ1v) is 0.651. The van der Waals surface area contributed by atoms with Gasteiger partial charge in [-0.05, 0) is 0 Å². The SMILES string of the molecule is O=C(O)O.[Hf].[Hf].[NH2-].[NH2-]. The zero-order valence-electron chi connectivity index (χ0n) is 3.96. The van der Waals surface area contributed by atoms with Crippen LogP contribution in [0.5, 0.6) is 0 Å². The standard InChI is InChI=1S/CH2O3.2Hf.2H2N/c2-1(3)4;;;;/h(H2,2,3,4);;;2*1H2/q;;;2*-1. The molecule has 0 saturated carbocycles. The van der Waals surface area contributed by atoms with Crippen molar-refractivity contribution in [2.75, 3.05) is 0 Å². The first-order valence-electron chi connectivity index (χ1n) is 0.651. The molecule has 0 saturated heterocycles. The molecule has 0 aliphatic carbocycles. The fraction of sp³-hybridized carbons (Fsp3) is 0. The smallest absolute Gasteiger partial charge is 0.503 e. The van der Waals surface area contributed by atoms with E-state index in [2.05, 4.69) is 0 Å². The van der Waals surface area contributed by atoms with Gasteiger partial charge in [0.05, 0.1) is 0 Å². The molecule has 0 fully saturated rings. The number of hydrogen-bond donors (Lipinski definition) is 2. The van der Waals surface area contributed by atoms with E-state index >= 15 is 0 Å². The molecule has 0 unspecified atom stereocenters. The molecule has 0 radical (unpaired) electrons. The molecular weight excluding hydrogens is 445 g/mol. The van der Waals surface area contributed by atoms with Gasteiger partial charge in [0.25, 0.3) is 0 Å². The first-order chi connectivity index (χ1) is 1.73. The van der Waals surface area contributed by atoms with Crippen molar-refractivity contribution in [1.29, 1.82) is 0 Å². The molecule has 0 aliphatic heterocycles. The topological polar surface area (TPSA) is 125 Å². The molecule has 0 aromatic heterocycles. The third kappa shape index (κ3) is 282. The minimum absolute atomic E-state index is 0. The molecule has 0 atom stereocenters. The van der Waals surface area contributed by atoms with Crippen molar-refractivity contribution in [3.8, 4) is 0 Å². The van der Waals surface area contributed by atoms with Gasteiger partial charge >= 0.3 is 6.16 Å². The fourth-order valence-corrected chi connectivity index (χ4v) is 0. The number of hydrogen-bond acceptors (Lipinski definition) is 1. The van der Waals surface area contributed by atoms with Crippen LogP contribution in [0.3, 0.4) is 0 Å². The van der Waals surface area contributed by atoms with Gasteiger partial charge in [0.1, 0.15) is 0 Å². The van der Waals surface area contributed by atoms with E-state index in [1.54, 1.807) is 0 Å². The van der Waals surface area contributed by atoms with Crippen LogP contribution in [0.25, 0.3) is 12.3 Å². The maximum atomic E-state index is 8.56. The maximum absolute atomic E-state index is 8.56. The van der Waals surface area contributed by atoms with Crippen LogP contribution in [0.4, 0.5) is 4.79 Å². The summed E-state index contributed by atoms with van der Waals surface area (Å²) in [6, 6.07) is 0. The molecule has 5 nitrogen and oxygen atoms in total. The summed E-state index contributed by atoms with van der Waals surface area (Å²) in [5, 5.41) is 13.9. The van der Waals surface area contributed by atoms with Gasteiger partial charge in [-0.15, -0.1) is 0 Å². The number of carboxylic acid groups (broad SMARTS) is 2. The van der Waals surface area contributed by atoms with E-state index in [-0.39, 0.29) is 64.0 Å². The Labute approximate surface area is 84.6 Å². The summed E-state index contributed by atoms with van der Waals surface area (Å²) in [5.41, 5.74) is 0. The number of nitrogens with two attached hydrogens (primary N) is 2. The van der Waals surface area contributed by atoms with E-state index in [9.17, 15) is 0 Å². The molecule has 0 aromatic carbocycles. The molecular formula is CH6Hf2N2O3-2. The molecule has 7 heteroatoms. The molecule has 0 heterocycles. The minimum Gasteiger partial charge on any atom is -0.693 e. The Balaban J connectivity index is -0.00000000750. The average Bonchev–Trinajstić information content (AvgIpc) is 0.811. The van der Waals surface area contributed by atoms with Crippen LogP contribution in [0.15, 0.2) is 0 Å². The van der Waals surface area contributed by atoms with Crippen LogP contribution in [-0.2, 0) is 51.7 Å². The third-order valence-electron chi connectivity index (χ3n) is 0.